The number of likely N-dealkylation sites (tertiary alicyclic amines) is 1. The van der Waals surface area contributed by atoms with Crippen LogP contribution in [0.15, 0.2) is 0 Å². The molecule has 0 aromatic carbocycles. The van der Waals surface area contributed by atoms with Crippen LogP contribution in [0.5, 0.6) is 0 Å². The zero-order valence-electron chi connectivity index (χ0n) is 15.4. The number of amides is 1. The number of piperazine rings is 1. The Bertz CT molecular complexity index is 265. The van der Waals surface area contributed by atoms with Gasteiger partial charge in [0.25, 0.3) is 0 Å². The molecule has 0 N–H and O–H groups in total. The second-order valence-electron chi connectivity index (χ2n) is 5.70. The fraction of sp³-hybridized carbons (Fsp3) is 0.941. The molecule has 2 saturated heterocycles. The van der Waals surface area contributed by atoms with Crippen LogP contribution in [0.4, 0.5) is 0 Å². The van der Waals surface area contributed by atoms with Crippen molar-refractivity contribution in [2.75, 3.05) is 46.3 Å². The second kappa shape index (κ2) is 11.0. The fourth-order valence-corrected chi connectivity index (χ4v) is 3.07. The molecule has 0 saturated carbocycles. The van der Waals surface area contributed by atoms with Crippen molar-refractivity contribution in [3.63, 3.8) is 0 Å². The summed E-state index contributed by atoms with van der Waals surface area (Å²) < 4.78 is 0. The SMILES string of the molecule is CC.CC.CC(=O)N1CCN(CC2CC(C)N(C)C2)CC1. The fourth-order valence-electron chi connectivity index (χ4n) is 3.07. The minimum absolute atomic E-state index is 0.221. The molecule has 2 atom stereocenters. The molecule has 0 aromatic heterocycles. The van der Waals surface area contributed by atoms with Gasteiger partial charge in [-0.05, 0) is 26.3 Å². The van der Waals surface area contributed by atoms with Crippen molar-refractivity contribution in [1.29, 1.82) is 0 Å². The van der Waals surface area contributed by atoms with Gasteiger partial charge in [0.15, 0.2) is 0 Å². The predicted molar refractivity (Wildman–Crippen MR) is 91.6 cm³/mol. The Morgan fingerprint density at radius 2 is 1.57 bits per heavy atom. The molecule has 1 amide bonds. The number of nitrogens with zero attached hydrogens (tertiary/aromatic N) is 3. The first-order chi connectivity index (χ1) is 10.1. The Morgan fingerprint density at radius 1 is 1.05 bits per heavy atom. The van der Waals surface area contributed by atoms with Gasteiger partial charge in [-0.25, -0.2) is 0 Å². The highest BCUT2D eigenvalue weighted by Gasteiger charge is 2.28. The molecule has 2 fully saturated rings. The van der Waals surface area contributed by atoms with E-state index in [1.165, 1.54) is 19.5 Å². The molecule has 2 heterocycles. The van der Waals surface area contributed by atoms with Crippen molar-refractivity contribution in [3.8, 4) is 0 Å². The lowest BCUT2D eigenvalue weighted by Gasteiger charge is -2.35. The smallest absolute Gasteiger partial charge is 0.219 e. The van der Waals surface area contributed by atoms with E-state index in [0.717, 1.165) is 38.1 Å². The summed E-state index contributed by atoms with van der Waals surface area (Å²) in [6.45, 7) is 18.3. The number of carbonyl (C=O) groups is 1. The molecule has 0 radical (unpaired) electrons. The maximum absolute atomic E-state index is 11.2. The van der Waals surface area contributed by atoms with Gasteiger partial charge in [-0.15, -0.1) is 0 Å². The predicted octanol–water partition coefficient (Wildman–Crippen LogP) is 2.54. The van der Waals surface area contributed by atoms with Crippen LogP contribution in [-0.4, -0.2) is 73.0 Å². The van der Waals surface area contributed by atoms with Gasteiger partial charge in [0.05, 0.1) is 0 Å². The van der Waals surface area contributed by atoms with Crippen LogP contribution in [0.2, 0.25) is 0 Å². The molecule has 2 unspecified atom stereocenters. The third kappa shape index (κ3) is 6.79. The molecule has 2 rings (SSSR count). The molecular formula is C17H37N3O. The quantitative estimate of drug-likeness (QED) is 0.784. The molecule has 0 aromatic rings. The van der Waals surface area contributed by atoms with E-state index in [1.54, 1.807) is 6.92 Å². The van der Waals surface area contributed by atoms with Crippen LogP contribution in [0.25, 0.3) is 0 Å². The zero-order valence-corrected chi connectivity index (χ0v) is 15.4. The maximum atomic E-state index is 11.2. The summed E-state index contributed by atoms with van der Waals surface area (Å²) in [7, 11) is 2.22. The summed E-state index contributed by atoms with van der Waals surface area (Å²) in [5.41, 5.74) is 0. The van der Waals surface area contributed by atoms with E-state index in [2.05, 4.69) is 23.8 Å². The van der Waals surface area contributed by atoms with Crippen LogP contribution < -0.4 is 0 Å². The molecule has 0 spiro atoms. The number of hydrogen-bond acceptors (Lipinski definition) is 3. The first kappa shape index (κ1) is 20.4. The van der Waals surface area contributed by atoms with E-state index in [1.807, 2.05) is 32.6 Å². The minimum atomic E-state index is 0.221. The lowest BCUT2D eigenvalue weighted by Crippen LogP contribution is -2.49. The van der Waals surface area contributed by atoms with Gasteiger partial charge in [0, 0.05) is 52.2 Å². The topological polar surface area (TPSA) is 26.8 Å². The van der Waals surface area contributed by atoms with Crippen molar-refractivity contribution < 1.29 is 4.79 Å². The van der Waals surface area contributed by atoms with Gasteiger partial charge in [-0.3, -0.25) is 9.69 Å². The average Bonchev–Trinajstić information content (AvgIpc) is 2.82. The lowest BCUT2D eigenvalue weighted by molar-refractivity contribution is -0.130. The number of hydrogen-bond donors (Lipinski definition) is 0. The lowest BCUT2D eigenvalue weighted by atomic mass is 10.1. The highest BCUT2D eigenvalue weighted by molar-refractivity contribution is 5.73. The van der Waals surface area contributed by atoms with Gasteiger partial charge in [0.2, 0.25) is 5.91 Å². The van der Waals surface area contributed by atoms with Gasteiger partial charge >= 0.3 is 0 Å². The van der Waals surface area contributed by atoms with Crippen molar-refractivity contribution in [3.05, 3.63) is 0 Å². The average molecular weight is 300 g/mol. The van der Waals surface area contributed by atoms with E-state index in [4.69, 9.17) is 0 Å². The Kier molecular flexibility index (Phi) is 10.7. The van der Waals surface area contributed by atoms with Gasteiger partial charge in [0.1, 0.15) is 0 Å². The Balaban J connectivity index is 0.000000921. The van der Waals surface area contributed by atoms with E-state index in [-0.39, 0.29) is 5.91 Å². The molecule has 0 aliphatic carbocycles. The molecule has 126 valence electrons. The molecule has 4 heteroatoms. The second-order valence-corrected chi connectivity index (χ2v) is 5.70. The summed E-state index contributed by atoms with van der Waals surface area (Å²) in [5, 5.41) is 0. The zero-order chi connectivity index (χ0) is 16.4. The van der Waals surface area contributed by atoms with Gasteiger partial charge in [-0.1, -0.05) is 27.7 Å². The van der Waals surface area contributed by atoms with Crippen molar-refractivity contribution in [2.45, 2.75) is 54.0 Å². The minimum Gasteiger partial charge on any atom is -0.340 e. The highest BCUT2D eigenvalue weighted by atomic mass is 16.2. The van der Waals surface area contributed by atoms with Crippen molar-refractivity contribution in [2.24, 2.45) is 5.92 Å². The first-order valence-corrected chi connectivity index (χ1v) is 8.74. The van der Waals surface area contributed by atoms with E-state index < -0.39 is 0 Å². The largest absolute Gasteiger partial charge is 0.340 e. The van der Waals surface area contributed by atoms with Crippen molar-refractivity contribution in [1.82, 2.24) is 14.7 Å². The van der Waals surface area contributed by atoms with E-state index in [0.29, 0.717) is 0 Å². The van der Waals surface area contributed by atoms with Crippen LogP contribution >= 0.6 is 0 Å². The summed E-state index contributed by atoms with van der Waals surface area (Å²) in [4.78, 5) is 18.2. The number of carbonyl (C=O) groups excluding carboxylic acids is 1. The van der Waals surface area contributed by atoms with Gasteiger partial charge in [-0.2, -0.15) is 0 Å². The Hall–Kier alpha value is -0.610. The molecule has 2 aliphatic rings. The molecular weight excluding hydrogens is 262 g/mol. The highest BCUT2D eigenvalue weighted by Crippen LogP contribution is 2.22. The van der Waals surface area contributed by atoms with Crippen molar-refractivity contribution >= 4 is 5.91 Å². The molecule has 21 heavy (non-hydrogen) atoms. The maximum Gasteiger partial charge on any atom is 0.219 e. The van der Waals surface area contributed by atoms with Crippen LogP contribution in [0.1, 0.15) is 48.0 Å². The standard InChI is InChI=1S/C13H25N3O.2C2H6/c1-11-8-13(9-14(11)3)10-15-4-6-16(7-5-15)12(2)17;2*1-2/h11,13H,4-10H2,1-3H3;2*1-2H3. The molecule has 0 bridgehead atoms. The summed E-state index contributed by atoms with van der Waals surface area (Å²) in [6.07, 6.45) is 1.32. The Morgan fingerprint density at radius 3 is 1.95 bits per heavy atom. The third-order valence-corrected chi connectivity index (χ3v) is 4.31. The molecule has 2 aliphatic heterocycles. The first-order valence-electron chi connectivity index (χ1n) is 8.74. The summed E-state index contributed by atoms with van der Waals surface area (Å²) in [5.74, 6) is 1.04. The number of rotatable bonds is 2. The van der Waals surface area contributed by atoms with Crippen LogP contribution in [0.3, 0.4) is 0 Å². The van der Waals surface area contributed by atoms with Crippen LogP contribution in [-0.2, 0) is 4.79 Å². The monoisotopic (exact) mass is 299 g/mol. The summed E-state index contributed by atoms with van der Waals surface area (Å²) in [6, 6.07) is 0.735. The normalized spacial score (nSPS) is 26.5. The third-order valence-electron chi connectivity index (χ3n) is 4.31. The van der Waals surface area contributed by atoms with Crippen LogP contribution in [0, 0.1) is 5.92 Å². The Labute approximate surface area is 132 Å². The van der Waals surface area contributed by atoms with E-state index in [9.17, 15) is 4.79 Å². The van der Waals surface area contributed by atoms with E-state index >= 15 is 0 Å². The van der Waals surface area contributed by atoms with Gasteiger partial charge < -0.3 is 9.80 Å². The summed E-state index contributed by atoms with van der Waals surface area (Å²) >= 11 is 0. The molecule has 4 nitrogen and oxygen atoms in total.